The van der Waals surface area contributed by atoms with Crippen molar-refractivity contribution in [3.8, 4) is 0 Å². The van der Waals surface area contributed by atoms with Gasteiger partial charge < -0.3 is 4.74 Å². The molecule has 2 rings (SSSR count). The van der Waals surface area contributed by atoms with Crippen LogP contribution in [0.25, 0.3) is 0 Å². The van der Waals surface area contributed by atoms with Gasteiger partial charge in [-0.3, -0.25) is 0 Å². The fourth-order valence-electron chi connectivity index (χ4n) is 3.43. The number of allylic oxidation sites excluding steroid dienone is 1. The standard InChI is InChI=1S/C20H27F3O/c1-2-3-4-16-5-9-18(10-6-16)19-11-7-17(8-12-19)15-24-14-13-20(21,22)23/h7-8,11-14,16,18H,2-6,9-10,15H2,1H3. The van der Waals surface area contributed by atoms with Gasteiger partial charge in [-0.15, -0.1) is 0 Å². The summed E-state index contributed by atoms with van der Waals surface area (Å²) < 4.78 is 40.8. The van der Waals surface area contributed by atoms with Crippen molar-refractivity contribution in [3.63, 3.8) is 0 Å². The molecule has 1 fully saturated rings. The number of ether oxygens (including phenoxy) is 1. The van der Waals surface area contributed by atoms with Crippen LogP contribution < -0.4 is 0 Å². The zero-order valence-electron chi connectivity index (χ0n) is 14.3. The third-order valence-electron chi connectivity index (χ3n) is 4.87. The van der Waals surface area contributed by atoms with Crippen LogP contribution in [-0.2, 0) is 11.3 Å². The highest BCUT2D eigenvalue weighted by Crippen LogP contribution is 2.37. The van der Waals surface area contributed by atoms with Crippen LogP contribution in [0.4, 0.5) is 13.2 Å². The van der Waals surface area contributed by atoms with E-state index in [4.69, 9.17) is 4.74 Å². The van der Waals surface area contributed by atoms with Crippen molar-refractivity contribution in [3.05, 3.63) is 47.7 Å². The van der Waals surface area contributed by atoms with Crippen LogP contribution in [0.2, 0.25) is 0 Å². The second kappa shape index (κ2) is 9.14. The van der Waals surface area contributed by atoms with E-state index in [9.17, 15) is 13.2 Å². The summed E-state index contributed by atoms with van der Waals surface area (Å²) >= 11 is 0. The molecule has 1 aliphatic rings. The van der Waals surface area contributed by atoms with E-state index in [1.807, 2.05) is 12.1 Å². The Kier molecular flexibility index (Phi) is 7.19. The van der Waals surface area contributed by atoms with E-state index in [1.165, 1.54) is 50.5 Å². The molecule has 0 atom stereocenters. The lowest BCUT2D eigenvalue weighted by Crippen LogP contribution is -2.13. The van der Waals surface area contributed by atoms with Gasteiger partial charge in [-0.05, 0) is 48.6 Å². The van der Waals surface area contributed by atoms with Gasteiger partial charge in [0.05, 0.1) is 12.3 Å². The minimum atomic E-state index is -4.32. The quantitative estimate of drug-likeness (QED) is 0.499. The van der Waals surface area contributed by atoms with Gasteiger partial charge in [0, 0.05) is 0 Å². The summed E-state index contributed by atoms with van der Waals surface area (Å²) in [6.45, 7) is 2.41. The van der Waals surface area contributed by atoms with Crippen molar-refractivity contribution in [1.29, 1.82) is 0 Å². The second-order valence-corrected chi connectivity index (χ2v) is 6.76. The van der Waals surface area contributed by atoms with Crippen LogP contribution >= 0.6 is 0 Å². The molecule has 1 aromatic rings. The SMILES string of the molecule is CCCCC1CCC(c2ccc(COC=CC(F)(F)F)cc2)CC1. The summed E-state index contributed by atoms with van der Waals surface area (Å²) in [7, 11) is 0. The fraction of sp³-hybridized carbons (Fsp3) is 0.600. The van der Waals surface area contributed by atoms with E-state index in [-0.39, 0.29) is 12.7 Å². The van der Waals surface area contributed by atoms with E-state index < -0.39 is 6.18 Å². The molecular formula is C20H27F3O. The van der Waals surface area contributed by atoms with E-state index in [2.05, 4.69) is 19.1 Å². The van der Waals surface area contributed by atoms with Gasteiger partial charge in [0.1, 0.15) is 6.61 Å². The van der Waals surface area contributed by atoms with Crippen LogP contribution in [0.15, 0.2) is 36.6 Å². The summed E-state index contributed by atoms with van der Waals surface area (Å²) in [5, 5.41) is 0. The zero-order chi connectivity index (χ0) is 17.4. The van der Waals surface area contributed by atoms with Gasteiger partial charge in [0.25, 0.3) is 0 Å². The van der Waals surface area contributed by atoms with E-state index in [0.717, 1.165) is 11.5 Å². The predicted octanol–water partition coefficient (Wildman–Crippen LogP) is 6.74. The summed E-state index contributed by atoms with van der Waals surface area (Å²) in [6, 6.07) is 8.12. The normalized spacial score (nSPS) is 22.0. The number of alkyl halides is 3. The summed E-state index contributed by atoms with van der Waals surface area (Å²) in [5.41, 5.74) is 2.24. The van der Waals surface area contributed by atoms with Crippen molar-refractivity contribution in [2.75, 3.05) is 0 Å². The van der Waals surface area contributed by atoms with Gasteiger partial charge in [0.2, 0.25) is 0 Å². The summed E-state index contributed by atoms with van der Waals surface area (Å²) in [5.74, 6) is 1.53. The molecule has 24 heavy (non-hydrogen) atoms. The lowest BCUT2D eigenvalue weighted by Gasteiger charge is -2.29. The summed E-state index contributed by atoms with van der Waals surface area (Å²) in [4.78, 5) is 0. The molecule has 0 saturated heterocycles. The first kappa shape index (κ1) is 18.9. The molecule has 0 amide bonds. The van der Waals surface area contributed by atoms with Crippen LogP contribution in [0.3, 0.4) is 0 Å². The van der Waals surface area contributed by atoms with Gasteiger partial charge in [-0.2, -0.15) is 13.2 Å². The van der Waals surface area contributed by atoms with Crippen LogP contribution in [0.5, 0.6) is 0 Å². The second-order valence-electron chi connectivity index (χ2n) is 6.76. The number of halogens is 3. The highest BCUT2D eigenvalue weighted by Gasteiger charge is 2.23. The molecule has 0 aromatic heterocycles. The number of rotatable bonds is 7. The zero-order valence-corrected chi connectivity index (χ0v) is 14.3. The Morgan fingerprint density at radius 2 is 1.75 bits per heavy atom. The van der Waals surface area contributed by atoms with Gasteiger partial charge in [0.15, 0.2) is 0 Å². The van der Waals surface area contributed by atoms with Crippen molar-refractivity contribution in [2.24, 2.45) is 5.92 Å². The number of unbranched alkanes of at least 4 members (excludes halogenated alkanes) is 1. The number of hydrogen-bond acceptors (Lipinski definition) is 1. The monoisotopic (exact) mass is 340 g/mol. The molecule has 0 N–H and O–H groups in total. The van der Waals surface area contributed by atoms with Crippen molar-refractivity contribution in [2.45, 2.75) is 70.6 Å². The Morgan fingerprint density at radius 1 is 1.08 bits per heavy atom. The molecule has 1 aromatic carbocycles. The fourth-order valence-corrected chi connectivity index (χ4v) is 3.43. The van der Waals surface area contributed by atoms with Crippen LogP contribution in [-0.4, -0.2) is 6.18 Å². The molecule has 0 spiro atoms. The Bertz CT molecular complexity index is 497. The third kappa shape index (κ3) is 6.58. The molecule has 0 radical (unpaired) electrons. The van der Waals surface area contributed by atoms with Crippen molar-refractivity contribution < 1.29 is 17.9 Å². The van der Waals surface area contributed by atoms with Crippen molar-refractivity contribution >= 4 is 0 Å². The average Bonchev–Trinajstić information content (AvgIpc) is 2.57. The Balaban J connectivity index is 1.77. The first-order valence-electron chi connectivity index (χ1n) is 8.93. The molecule has 0 bridgehead atoms. The molecule has 0 aliphatic heterocycles. The highest BCUT2D eigenvalue weighted by molar-refractivity contribution is 5.25. The number of hydrogen-bond donors (Lipinski definition) is 0. The Hall–Kier alpha value is -1.45. The predicted molar refractivity (Wildman–Crippen MR) is 90.7 cm³/mol. The molecular weight excluding hydrogens is 313 g/mol. The minimum absolute atomic E-state index is 0.109. The van der Waals surface area contributed by atoms with Gasteiger partial charge >= 0.3 is 6.18 Å². The largest absolute Gasteiger partial charge is 0.497 e. The molecule has 0 unspecified atom stereocenters. The van der Waals surface area contributed by atoms with Crippen LogP contribution in [0.1, 0.15) is 68.9 Å². The molecule has 1 nitrogen and oxygen atoms in total. The van der Waals surface area contributed by atoms with Crippen LogP contribution in [0, 0.1) is 5.92 Å². The minimum Gasteiger partial charge on any atom is -0.497 e. The average molecular weight is 340 g/mol. The molecule has 1 saturated carbocycles. The first-order chi connectivity index (χ1) is 11.5. The maximum absolute atomic E-state index is 12.0. The van der Waals surface area contributed by atoms with Crippen molar-refractivity contribution in [1.82, 2.24) is 0 Å². The summed E-state index contributed by atoms with van der Waals surface area (Å²) in [6.07, 6.45) is 5.62. The molecule has 0 heterocycles. The molecule has 134 valence electrons. The molecule has 4 heteroatoms. The Labute approximate surface area is 142 Å². The smallest absolute Gasteiger partial charge is 0.412 e. The first-order valence-corrected chi connectivity index (χ1v) is 8.93. The van der Waals surface area contributed by atoms with Gasteiger partial charge in [-0.1, -0.05) is 50.5 Å². The number of benzene rings is 1. The van der Waals surface area contributed by atoms with E-state index >= 15 is 0 Å². The lowest BCUT2D eigenvalue weighted by atomic mass is 9.77. The highest BCUT2D eigenvalue weighted by atomic mass is 19.4. The third-order valence-corrected chi connectivity index (χ3v) is 4.87. The molecule has 1 aliphatic carbocycles. The maximum atomic E-state index is 12.0. The Morgan fingerprint density at radius 3 is 2.33 bits per heavy atom. The van der Waals surface area contributed by atoms with E-state index in [1.54, 1.807) is 0 Å². The van der Waals surface area contributed by atoms with Gasteiger partial charge in [-0.25, -0.2) is 0 Å². The maximum Gasteiger partial charge on any atom is 0.412 e. The van der Waals surface area contributed by atoms with E-state index in [0.29, 0.717) is 12.2 Å². The topological polar surface area (TPSA) is 9.23 Å². The lowest BCUT2D eigenvalue weighted by molar-refractivity contribution is -0.0817.